The molecule has 0 saturated carbocycles. The number of benzene rings is 2. The number of fused-ring (bicyclic) bond motifs is 1. The summed E-state index contributed by atoms with van der Waals surface area (Å²) in [5.74, 6) is -2.33. The molecule has 0 unspecified atom stereocenters. The van der Waals surface area contributed by atoms with Gasteiger partial charge in [0.1, 0.15) is 11.6 Å². The van der Waals surface area contributed by atoms with E-state index in [9.17, 15) is 27.2 Å². The standard InChI is InChI=1S/C20H15F4NO3/c1-28-17-9-7-12(10-16(17)20(22,23)24)6-8-13(21)11-25-18(26)14-4-2-3-5-15(14)19(25)27/h2-5,7-10H,6,11H2,1H3/b13-8+. The summed E-state index contributed by atoms with van der Waals surface area (Å²) in [6, 6.07) is 9.59. The second-order valence-corrected chi connectivity index (χ2v) is 6.13. The van der Waals surface area contributed by atoms with Crippen molar-refractivity contribution in [1.29, 1.82) is 0 Å². The van der Waals surface area contributed by atoms with Crippen LogP contribution in [0.5, 0.6) is 5.75 Å². The Kier molecular flexibility index (Phi) is 5.22. The number of hydrogen-bond acceptors (Lipinski definition) is 3. The number of nitrogens with zero attached hydrogens (tertiary/aromatic N) is 1. The molecule has 0 atom stereocenters. The SMILES string of the molecule is COc1ccc(C/C=C(/F)CN2C(=O)c3ccccc3C2=O)cc1C(F)(F)F. The van der Waals surface area contributed by atoms with Crippen molar-refractivity contribution in [2.75, 3.05) is 13.7 Å². The van der Waals surface area contributed by atoms with Gasteiger partial charge in [-0.25, -0.2) is 4.39 Å². The zero-order valence-electron chi connectivity index (χ0n) is 14.7. The summed E-state index contributed by atoms with van der Waals surface area (Å²) in [4.78, 5) is 25.2. The molecular formula is C20H15F4NO3. The molecule has 2 aromatic rings. The Morgan fingerprint density at radius 3 is 2.21 bits per heavy atom. The predicted molar refractivity (Wildman–Crippen MR) is 92.7 cm³/mol. The first-order chi connectivity index (χ1) is 13.2. The van der Waals surface area contributed by atoms with Crippen LogP contribution in [0.1, 0.15) is 31.8 Å². The molecule has 0 spiro atoms. The van der Waals surface area contributed by atoms with E-state index in [-0.39, 0.29) is 28.9 Å². The quantitative estimate of drug-likeness (QED) is 0.559. The number of amides is 2. The largest absolute Gasteiger partial charge is 0.496 e. The van der Waals surface area contributed by atoms with Crippen LogP contribution in [0.25, 0.3) is 0 Å². The van der Waals surface area contributed by atoms with E-state index in [1.54, 1.807) is 12.1 Å². The van der Waals surface area contributed by atoms with Crippen LogP contribution in [0, 0.1) is 0 Å². The molecule has 1 aliphatic rings. The minimum atomic E-state index is -4.61. The lowest BCUT2D eigenvalue weighted by molar-refractivity contribution is -0.138. The van der Waals surface area contributed by atoms with Gasteiger partial charge in [0.15, 0.2) is 0 Å². The van der Waals surface area contributed by atoms with Gasteiger partial charge in [-0.15, -0.1) is 0 Å². The third-order valence-corrected chi connectivity index (χ3v) is 4.32. The van der Waals surface area contributed by atoms with Crippen molar-refractivity contribution in [3.8, 4) is 5.75 Å². The minimum absolute atomic E-state index is 0.137. The van der Waals surface area contributed by atoms with Crippen LogP contribution in [-0.2, 0) is 12.6 Å². The van der Waals surface area contributed by atoms with E-state index in [1.807, 2.05) is 0 Å². The topological polar surface area (TPSA) is 46.6 Å². The smallest absolute Gasteiger partial charge is 0.419 e. The van der Waals surface area contributed by atoms with Crippen LogP contribution < -0.4 is 4.74 Å². The molecule has 1 aliphatic heterocycles. The summed E-state index contributed by atoms with van der Waals surface area (Å²) in [6.07, 6.45) is -3.70. The van der Waals surface area contributed by atoms with Gasteiger partial charge in [-0.1, -0.05) is 18.2 Å². The Balaban J connectivity index is 1.74. The van der Waals surface area contributed by atoms with Crippen molar-refractivity contribution in [2.45, 2.75) is 12.6 Å². The number of carbonyl (C=O) groups is 2. The summed E-state index contributed by atoms with van der Waals surface area (Å²) in [5.41, 5.74) is -0.345. The maximum atomic E-state index is 14.3. The van der Waals surface area contributed by atoms with Crippen LogP contribution in [0.2, 0.25) is 0 Å². The van der Waals surface area contributed by atoms with Crippen LogP contribution in [0.15, 0.2) is 54.4 Å². The molecule has 0 radical (unpaired) electrons. The van der Waals surface area contributed by atoms with Crippen molar-refractivity contribution in [1.82, 2.24) is 4.90 Å². The van der Waals surface area contributed by atoms with Crippen molar-refractivity contribution >= 4 is 11.8 Å². The van der Waals surface area contributed by atoms with Gasteiger partial charge in [-0.05, 0) is 42.3 Å². The molecule has 1 heterocycles. The van der Waals surface area contributed by atoms with Gasteiger partial charge in [0.05, 0.1) is 30.3 Å². The molecule has 3 rings (SSSR count). The minimum Gasteiger partial charge on any atom is -0.496 e. The van der Waals surface area contributed by atoms with Gasteiger partial charge >= 0.3 is 6.18 Å². The lowest BCUT2D eigenvalue weighted by Crippen LogP contribution is -2.31. The number of methoxy groups -OCH3 is 1. The lowest BCUT2D eigenvalue weighted by atomic mass is 10.1. The fourth-order valence-corrected chi connectivity index (χ4v) is 2.93. The maximum absolute atomic E-state index is 14.3. The van der Waals surface area contributed by atoms with E-state index >= 15 is 0 Å². The first-order valence-electron chi connectivity index (χ1n) is 8.26. The third-order valence-electron chi connectivity index (χ3n) is 4.32. The molecule has 4 nitrogen and oxygen atoms in total. The zero-order chi connectivity index (χ0) is 20.5. The Bertz CT molecular complexity index is 931. The van der Waals surface area contributed by atoms with Crippen molar-refractivity contribution in [2.24, 2.45) is 0 Å². The molecule has 0 saturated heterocycles. The highest BCUT2D eigenvalue weighted by Crippen LogP contribution is 2.36. The van der Waals surface area contributed by atoms with Gasteiger partial charge in [-0.3, -0.25) is 14.5 Å². The number of rotatable bonds is 5. The van der Waals surface area contributed by atoms with Gasteiger partial charge in [-0.2, -0.15) is 13.2 Å². The first kappa shape index (κ1) is 19.6. The summed E-state index contributed by atoms with van der Waals surface area (Å²) in [5, 5.41) is 0. The Morgan fingerprint density at radius 1 is 1.07 bits per heavy atom. The second kappa shape index (κ2) is 7.46. The Labute approximate surface area is 158 Å². The monoisotopic (exact) mass is 393 g/mol. The molecule has 8 heteroatoms. The number of alkyl halides is 3. The Morgan fingerprint density at radius 2 is 1.68 bits per heavy atom. The summed E-state index contributed by atoms with van der Waals surface area (Å²) >= 11 is 0. The predicted octanol–water partition coefficient (Wildman–Crippen LogP) is 4.41. The molecule has 146 valence electrons. The van der Waals surface area contributed by atoms with Crippen LogP contribution in [0.3, 0.4) is 0 Å². The normalized spacial score (nSPS) is 14.5. The van der Waals surface area contributed by atoms with E-state index in [0.717, 1.165) is 30.2 Å². The molecule has 0 aromatic heterocycles. The van der Waals surface area contributed by atoms with E-state index in [4.69, 9.17) is 4.74 Å². The fraction of sp³-hybridized carbons (Fsp3) is 0.200. The van der Waals surface area contributed by atoms with Gasteiger partial charge in [0.2, 0.25) is 0 Å². The van der Waals surface area contributed by atoms with Crippen molar-refractivity contribution in [3.05, 3.63) is 76.6 Å². The van der Waals surface area contributed by atoms with E-state index in [2.05, 4.69) is 0 Å². The van der Waals surface area contributed by atoms with Gasteiger partial charge < -0.3 is 4.74 Å². The Hall–Kier alpha value is -3.16. The molecule has 0 aliphatic carbocycles. The lowest BCUT2D eigenvalue weighted by Gasteiger charge is -2.13. The number of imide groups is 1. The zero-order valence-corrected chi connectivity index (χ0v) is 14.7. The number of ether oxygens (including phenoxy) is 1. The molecular weight excluding hydrogens is 378 g/mol. The van der Waals surface area contributed by atoms with Crippen molar-refractivity contribution < 1.29 is 31.9 Å². The average molecular weight is 393 g/mol. The van der Waals surface area contributed by atoms with E-state index in [1.165, 1.54) is 18.2 Å². The van der Waals surface area contributed by atoms with Crippen LogP contribution in [0.4, 0.5) is 17.6 Å². The molecule has 2 amide bonds. The summed E-state index contributed by atoms with van der Waals surface area (Å²) < 4.78 is 58.1. The number of halogens is 4. The summed E-state index contributed by atoms with van der Waals surface area (Å²) in [6.45, 7) is -0.575. The summed E-state index contributed by atoms with van der Waals surface area (Å²) in [7, 11) is 1.13. The molecule has 0 N–H and O–H groups in total. The highest BCUT2D eigenvalue weighted by atomic mass is 19.4. The number of carbonyl (C=O) groups excluding carboxylic acids is 2. The van der Waals surface area contributed by atoms with E-state index < -0.39 is 35.9 Å². The van der Waals surface area contributed by atoms with Gasteiger partial charge in [0.25, 0.3) is 11.8 Å². The molecule has 0 bridgehead atoms. The average Bonchev–Trinajstić information content (AvgIpc) is 2.90. The molecule has 0 fully saturated rings. The highest BCUT2D eigenvalue weighted by molar-refractivity contribution is 6.21. The molecule has 2 aromatic carbocycles. The molecule has 28 heavy (non-hydrogen) atoms. The third kappa shape index (κ3) is 3.76. The fourth-order valence-electron chi connectivity index (χ4n) is 2.93. The van der Waals surface area contributed by atoms with Crippen LogP contribution in [-0.4, -0.2) is 30.4 Å². The maximum Gasteiger partial charge on any atom is 0.419 e. The second-order valence-electron chi connectivity index (χ2n) is 6.13. The number of allylic oxidation sites excluding steroid dienone is 1. The van der Waals surface area contributed by atoms with E-state index in [0.29, 0.717) is 0 Å². The highest BCUT2D eigenvalue weighted by Gasteiger charge is 2.36. The van der Waals surface area contributed by atoms with Crippen molar-refractivity contribution in [3.63, 3.8) is 0 Å². The van der Waals surface area contributed by atoms with Gasteiger partial charge in [0, 0.05) is 0 Å². The first-order valence-corrected chi connectivity index (χ1v) is 8.26. The number of hydrogen-bond donors (Lipinski definition) is 0. The van der Waals surface area contributed by atoms with Crippen LogP contribution >= 0.6 is 0 Å².